The lowest BCUT2D eigenvalue weighted by molar-refractivity contribution is -0.384. The maximum atomic E-state index is 12.6. The van der Waals surface area contributed by atoms with Crippen molar-refractivity contribution in [2.24, 2.45) is 0 Å². The number of amides is 2. The molecule has 0 aromatic heterocycles. The van der Waals surface area contributed by atoms with Crippen LogP contribution < -0.4 is 10.1 Å². The lowest BCUT2D eigenvalue weighted by atomic mass is 10.2. The highest BCUT2D eigenvalue weighted by molar-refractivity contribution is 7.91. The Hall–Kier alpha value is -2.73. The van der Waals surface area contributed by atoms with Gasteiger partial charge in [0.05, 0.1) is 41.9 Å². The summed E-state index contributed by atoms with van der Waals surface area (Å²) in [5, 5.41) is 13.2. The molecule has 154 valence electrons. The summed E-state index contributed by atoms with van der Waals surface area (Å²) in [5.41, 5.74) is -0.156. The molecule has 12 heteroatoms. The van der Waals surface area contributed by atoms with Crippen molar-refractivity contribution in [1.82, 2.24) is 4.90 Å². The van der Waals surface area contributed by atoms with E-state index in [-0.39, 0.29) is 48.2 Å². The first-order valence-corrected chi connectivity index (χ1v) is 10.1. The number of nitrogens with one attached hydrogen (secondary N) is 1. The minimum absolute atomic E-state index is 0.0160. The number of benzene rings is 1. The molecule has 1 aliphatic heterocycles. The molecule has 1 aliphatic rings. The van der Waals surface area contributed by atoms with Crippen LogP contribution in [0.25, 0.3) is 0 Å². The van der Waals surface area contributed by atoms with Crippen LogP contribution in [0.3, 0.4) is 0 Å². The van der Waals surface area contributed by atoms with Crippen LogP contribution in [0, 0.1) is 10.1 Å². The summed E-state index contributed by atoms with van der Waals surface area (Å²) in [6.45, 7) is 0.191. The van der Waals surface area contributed by atoms with Gasteiger partial charge in [-0.05, 0) is 12.5 Å². The number of methoxy groups -OCH3 is 2. The second-order valence-electron chi connectivity index (χ2n) is 6.14. The summed E-state index contributed by atoms with van der Waals surface area (Å²) < 4.78 is 33.4. The quantitative estimate of drug-likeness (QED) is 0.378. The summed E-state index contributed by atoms with van der Waals surface area (Å²) in [4.78, 5) is 36.5. The number of rotatable bonds is 7. The third-order valence-electron chi connectivity index (χ3n) is 4.28. The van der Waals surface area contributed by atoms with Gasteiger partial charge in [-0.25, -0.2) is 8.42 Å². The molecule has 1 N–H and O–H groups in total. The minimum Gasteiger partial charge on any atom is -0.494 e. The predicted molar refractivity (Wildman–Crippen MR) is 98.9 cm³/mol. The van der Waals surface area contributed by atoms with Gasteiger partial charge in [-0.15, -0.1) is 0 Å². The zero-order valence-corrected chi connectivity index (χ0v) is 16.2. The molecule has 0 bridgehead atoms. The second-order valence-corrected chi connectivity index (χ2v) is 8.37. The molecule has 2 rings (SSSR count). The van der Waals surface area contributed by atoms with Crippen LogP contribution >= 0.6 is 0 Å². The average Bonchev–Trinajstić information content (AvgIpc) is 3.01. The van der Waals surface area contributed by atoms with Gasteiger partial charge in [0.25, 0.3) is 5.69 Å². The number of hydrogen-bond acceptors (Lipinski definition) is 8. The number of carbonyl (C=O) groups is 2. The first kappa shape index (κ1) is 21.6. The Kier molecular flexibility index (Phi) is 6.91. The zero-order valence-electron chi connectivity index (χ0n) is 15.4. The largest absolute Gasteiger partial charge is 0.494 e. The van der Waals surface area contributed by atoms with Gasteiger partial charge in [-0.2, -0.15) is 0 Å². The fraction of sp³-hybridized carbons (Fsp3) is 0.500. The van der Waals surface area contributed by atoms with Crippen molar-refractivity contribution in [3.05, 3.63) is 28.3 Å². The monoisotopic (exact) mass is 415 g/mol. The summed E-state index contributed by atoms with van der Waals surface area (Å²) in [6.07, 6.45) is 0.242. The third-order valence-corrected chi connectivity index (χ3v) is 6.04. The minimum atomic E-state index is -3.26. The summed E-state index contributed by atoms with van der Waals surface area (Å²) in [6, 6.07) is 2.92. The fourth-order valence-electron chi connectivity index (χ4n) is 2.86. The first-order valence-electron chi connectivity index (χ1n) is 8.32. The van der Waals surface area contributed by atoms with Crippen LogP contribution in [0.1, 0.15) is 6.42 Å². The number of nitro benzene ring substituents is 1. The molecule has 1 atom stereocenters. The van der Waals surface area contributed by atoms with E-state index in [1.807, 2.05) is 0 Å². The van der Waals surface area contributed by atoms with E-state index in [9.17, 15) is 28.1 Å². The maximum absolute atomic E-state index is 12.6. The zero-order chi connectivity index (χ0) is 20.9. The Morgan fingerprint density at radius 2 is 2.07 bits per heavy atom. The molecule has 1 aromatic rings. The number of ether oxygens (including phenoxy) is 2. The molecule has 1 fully saturated rings. The number of carbonyl (C=O) groups excluding carboxylic acids is 2. The number of anilines is 1. The molecule has 2 amide bonds. The van der Waals surface area contributed by atoms with E-state index in [2.05, 4.69) is 5.32 Å². The Morgan fingerprint density at radius 3 is 2.61 bits per heavy atom. The van der Waals surface area contributed by atoms with E-state index >= 15 is 0 Å². The van der Waals surface area contributed by atoms with Crippen LogP contribution in [0.2, 0.25) is 0 Å². The van der Waals surface area contributed by atoms with Crippen LogP contribution in [-0.4, -0.2) is 75.0 Å². The van der Waals surface area contributed by atoms with Gasteiger partial charge in [-0.1, -0.05) is 0 Å². The van der Waals surface area contributed by atoms with E-state index < -0.39 is 32.6 Å². The summed E-state index contributed by atoms with van der Waals surface area (Å²) in [5.74, 6) is -2.17. The molecule has 0 spiro atoms. The van der Waals surface area contributed by atoms with Crippen molar-refractivity contribution in [3.8, 4) is 5.75 Å². The molecule has 28 heavy (non-hydrogen) atoms. The summed E-state index contributed by atoms with van der Waals surface area (Å²) in [7, 11) is -0.562. The fourth-order valence-corrected chi connectivity index (χ4v) is 4.59. The number of sulfone groups is 1. The van der Waals surface area contributed by atoms with Crippen LogP contribution in [0.5, 0.6) is 5.75 Å². The molecule has 1 unspecified atom stereocenters. The van der Waals surface area contributed by atoms with E-state index in [4.69, 9.17) is 9.47 Å². The van der Waals surface area contributed by atoms with Crippen molar-refractivity contribution in [2.75, 3.05) is 44.2 Å². The molecule has 11 nitrogen and oxygen atoms in total. The average molecular weight is 415 g/mol. The molecular formula is C16H21N3O8S. The van der Waals surface area contributed by atoms with Crippen molar-refractivity contribution in [1.29, 1.82) is 0 Å². The molecule has 0 aliphatic carbocycles. The number of hydrogen-bond donors (Lipinski definition) is 1. The van der Waals surface area contributed by atoms with Crippen molar-refractivity contribution < 1.29 is 32.4 Å². The van der Waals surface area contributed by atoms with Gasteiger partial charge >= 0.3 is 11.8 Å². The number of nitrogens with zero attached hydrogens (tertiary/aromatic N) is 2. The Labute approximate surface area is 161 Å². The molecule has 1 aromatic carbocycles. The van der Waals surface area contributed by atoms with E-state index in [1.165, 1.54) is 25.2 Å². The van der Waals surface area contributed by atoms with Crippen molar-refractivity contribution in [2.45, 2.75) is 12.5 Å². The summed E-state index contributed by atoms with van der Waals surface area (Å²) >= 11 is 0. The smallest absolute Gasteiger partial charge is 0.314 e. The highest BCUT2D eigenvalue weighted by Gasteiger charge is 2.36. The first-order chi connectivity index (χ1) is 13.2. The molecule has 0 radical (unpaired) electrons. The SMILES string of the molecule is COCCN(C(=O)C(=O)Nc1ccc([N+](=O)[O-])cc1OC)C1CCS(=O)(=O)C1. The number of nitro groups is 1. The topological polar surface area (TPSA) is 145 Å². The van der Waals surface area contributed by atoms with Gasteiger partial charge in [-0.3, -0.25) is 19.7 Å². The molecule has 1 saturated heterocycles. The van der Waals surface area contributed by atoms with E-state index in [0.717, 1.165) is 12.1 Å². The number of non-ortho nitro benzene ring substituents is 1. The van der Waals surface area contributed by atoms with Crippen molar-refractivity contribution in [3.63, 3.8) is 0 Å². The van der Waals surface area contributed by atoms with Gasteiger partial charge < -0.3 is 19.7 Å². The molecular weight excluding hydrogens is 394 g/mol. The standard InChI is InChI=1S/C16H21N3O8S/c1-26-7-6-18(12-5-8-28(24,25)10-12)16(21)15(20)17-13-4-3-11(19(22)23)9-14(13)27-2/h3-4,9,12H,5-8,10H2,1-2H3,(H,17,20). The molecule has 0 saturated carbocycles. The van der Waals surface area contributed by atoms with Crippen LogP contribution in [0.15, 0.2) is 18.2 Å². The Balaban J connectivity index is 2.18. The highest BCUT2D eigenvalue weighted by Crippen LogP contribution is 2.29. The van der Waals surface area contributed by atoms with Gasteiger partial charge in [0.1, 0.15) is 5.75 Å². The van der Waals surface area contributed by atoms with Gasteiger partial charge in [0.15, 0.2) is 9.84 Å². The van der Waals surface area contributed by atoms with Gasteiger partial charge in [0.2, 0.25) is 0 Å². The highest BCUT2D eigenvalue weighted by atomic mass is 32.2. The second kappa shape index (κ2) is 8.97. The lowest BCUT2D eigenvalue weighted by Gasteiger charge is -2.27. The molecule has 1 heterocycles. The van der Waals surface area contributed by atoms with E-state index in [1.54, 1.807) is 0 Å². The predicted octanol–water partition coefficient (Wildman–Crippen LogP) is 0.204. The van der Waals surface area contributed by atoms with Crippen LogP contribution in [-0.2, 0) is 24.2 Å². The maximum Gasteiger partial charge on any atom is 0.314 e. The normalized spacial score (nSPS) is 17.7. The third kappa shape index (κ3) is 5.16. The van der Waals surface area contributed by atoms with E-state index in [0.29, 0.717) is 0 Å². The van der Waals surface area contributed by atoms with Gasteiger partial charge in [0, 0.05) is 25.8 Å². The van der Waals surface area contributed by atoms with Crippen LogP contribution in [0.4, 0.5) is 11.4 Å². The van der Waals surface area contributed by atoms with Crippen molar-refractivity contribution >= 4 is 33.0 Å². The Morgan fingerprint density at radius 1 is 1.36 bits per heavy atom. The Bertz CT molecular complexity index is 871. The lowest BCUT2D eigenvalue weighted by Crippen LogP contribution is -2.48.